The number of hydrogen-bond donors (Lipinski definition) is 0. The Morgan fingerprint density at radius 2 is 1.96 bits per heavy atom. The Kier molecular flexibility index (Phi) is 6.57. The second kappa shape index (κ2) is 9.11. The van der Waals surface area contributed by atoms with E-state index < -0.39 is 0 Å². The van der Waals surface area contributed by atoms with Gasteiger partial charge in [0.15, 0.2) is 6.10 Å². The molecule has 0 radical (unpaired) electrons. The van der Waals surface area contributed by atoms with Crippen LogP contribution in [0.2, 0.25) is 5.02 Å². The standard InChI is InChI=1S/C22H25ClN2O3/c1-15(2)22(26)25(13-17-6-4-5-7-20(17)23)14-19-12-21(24-28-19)16-8-10-18(27-3)11-9-16/h4-11,15,19H,12-14H2,1-3H3/t19-/m0/s1. The number of nitrogens with zero attached hydrogens (tertiary/aromatic N) is 2. The minimum atomic E-state index is -0.178. The minimum absolute atomic E-state index is 0.0708. The SMILES string of the molecule is COc1ccc(C2=NO[C@H](CN(Cc3ccccc3Cl)C(=O)C(C)C)C2)cc1. The second-order valence-corrected chi connectivity index (χ2v) is 7.57. The summed E-state index contributed by atoms with van der Waals surface area (Å²) in [4.78, 5) is 20.2. The fraction of sp³-hybridized carbons (Fsp3) is 0.364. The Bertz CT molecular complexity index is 849. The Balaban J connectivity index is 1.68. The summed E-state index contributed by atoms with van der Waals surface area (Å²) in [6, 6.07) is 15.3. The van der Waals surface area contributed by atoms with Gasteiger partial charge in [-0.15, -0.1) is 0 Å². The van der Waals surface area contributed by atoms with Crippen LogP contribution in [0.25, 0.3) is 0 Å². The van der Waals surface area contributed by atoms with Gasteiger partial charge in [0.1, 0.15) is 5.75 Å². The molecule has 2 aromatic carbocycles. The van der Waals surface area contributed by atoms with E-state index in [1.807, 2.05) is 67.3 Å². The van der Waals surface area contributed by atoms with E-state index >= 15 is 0 Å². The van der Waals surface area contributed by atoms with Gasteiger partial charge in [-0.1, -0.05) is 48.8 Å². The van der Waals surface area contributed by atoms with Crippen LogP contribution in [0.5, 0.6) is 5.75 Å². The van der Waals surface area contributed by atoms with E-state index in [2.05, 4.69) is 5.16 Å². The van der Waals surface area contributed by atoms with Gasteiger partial charge in [0.2, 0.25) is 5.91 Å². The van der Waals surface area contributed by atoms with E-state index in [-0.39, 0.29) is 17.9 Å². The molecule has 28 heavy (non-hydrogen) atoms. The molecule has 148 valence electrons. The van der Waals surface area contributed by atoms with Crippen LogP contribution in [0.3, 0.4) is 0 Å². The van der Waals surface area contributed by atoms with Crippen LogP contribution >= 0.6 is 11.6 Å². The topological polar surface area (TPSA) is 51.1 Å². The molecule has 0 aliphatic carbocycles. The molecule has 1 atom stereocenters. The zero-order chi connectivity index (χ0) is 20.1. The molecular weight excluding hydrogens is 376 g/mol. The summed E-state index contributed by atoms with van der Waals surface area (Å²) in [6.07, 6.45) is 0.471. The minimum Gasteiger partial charge on any atom is -0.497 e. The summed E-state index contributed by atoms with van der Waals surface area (Å²) < 4.78 is 5.19. The maximum absolute atomic E-state index is 12.7. The molecule has 0 spiro atoms. The van der Waals surface area contributed by atoms with Gasteiger partial charge in [-0.2, -0.15) is 0 Å². The first-order valence-electron chi connectivity index (χ1n) is 9.37. The van der Waals surface area contributed by atoms with Crippen molar-refractivity contribution in [3.8, 4) is 5.75 Å². The molecule has 3 rings (SSSR count). The first-order valence-corrected chi connectivity index (χ1v) is 9.75. The molecule has 0 saturated carbocycles. The highest BCUT2D eigenvalue weighted by molar-refractivity contribution is 6.31. The average Bonchev–Trinajstić information content (AvgIpc) is 3.17. The number of oxime groups is 1. The summed E-state index contributed by atoms with van der Waals surface area (Å²) >= 11 is 6.30. The van der Waals surface area contributed by atoms with E-state index in [0.29, 0.717) is 24.5 Å². The molecule has 0 aromatic heterocycles. The monoisotopic (exact) mass is 400 g/mol. The normalized spacial score (nSPS) is 15.9. The van der Waals surface area contributed by atoms with Gasteiger partial charge in [0.25, 0.3) is 0 Å². The van der Waals surface area contributed by atoms with E-state index in [0.717, 1.165) is 22.6 Å². The van der Waals surface area contributed by atoms with Crippen LogP contribution in [-0.2, 0) is 16.2 Å². The van der Waals surface area contributed by atoms with Crippen molar-refractivity contribution in [2.24, 2.45) is 11.1 Å². The van der Waals surface area contributed by atoms with Crippen molar-refractivity contribution < 1.29 is 14.4 Å². The molecule has 0 saturated heterocycles. The van der Waals surface area contributed by atoms with Crippen molar-refractivity contribution in [3.63, 3.8) is 0 Å². The molecule has 1 amide bonds. The largest absolute Gasteiger partial charge is 0.497 e. The van der Waals surface area contributed by atoms with E-state index in [1.165, 1.54) is 0 Å². The third-order valence-corrected chi connectivity index (χ3v) is 5.07. The highest BCUT2D eigenvalue weighted by atomic mass is 35.5. The molecule has 2 aromatic rings. The predicted octanol–water partition coefficient (Wildman–Crippen LogP) is 4.53. The highest BCUT2D eigenvalue weighted by Gasteiger charge is 2.28. The molecule has 1 heterocycles. The predicted molar refractivity (Wildman–Crippen MR) is 111 cm³/mol. The molecule has 0 fully saturated rings. The lowest BCUT2D eigenvalue weighted by Crippen LogP contribution is -2.39. The Morgan fingerprint density at radius 3 is 2.61 bits per heavy atom. The van der Waals surface area contributed by atoms with E-state index in [1.54, 1.807) is 7.11 Å². The lowest BCUT2D eigenvalue weighted by Gasteiger charge is -2.27. The van der Waals surface area contributed by atoms with E-state index in [9.17, 15) is 4.79 Å². The lowest BCUT2D eigenvalue weighted by molar-refractivity contribution is -0.136. The fourth-order valence-corrected chi connectivity index (χ4v) is 3.35. The van der Waals surface area contributed by atoms with Crippen molar-refractivity contribution >= 4 is 23.2 Å². The van der Waals surface area contributed by atoms with Crippen molar-refractivity contribution in [2.75, 3.05) is 13.7 Å². The third-order valence-electron chi connectivity index (χ3n) is 4.70. The molecule has 1 aliphatic rings. The molecule has 0 N–H and O–H groups in total. The Hall–Kier alpha value is -2.53. The zero-order valence-electron chi connectivity index (χ0n) is 16.4. The first kappa shape index (κ1) is 20.2. The maximum Gasteiger partial charge on any atom is 0.225 e. The summed E-state index contributed by atoms with van der Waals surface area (Å²) in [6.45, 7) is 4.72. The van der Waals surface area contributed by atoms with Crippen LogP contribution < -0.4 is 4.74 Å². The van der Waals surface area contributed by atoms with Crippen molar-refractivity contribution in [1.82, 2.24) is 4.90 Å². The van der Waals surface area contributed by atoms with Crippen molar-refractivity contribution in [2.45, 2.75) is 32.9 Å². The van der Waals surface area contributed by atoms with Gasteiger partial charge in [0.05, 0.1) is 19.4 Å². The average molecular weight is 401 g/mol. The number of carbonyl (C=O) groups is 1. The number of rotatable bonds is 7. The van der Waals surface area contributed by atoms with Crippen molar-refractivity contribution in [3.05, 3.63) is 64.7 Å². The van der Waals surface area contributed by atoms with Crippen molar-refractivity contribution in [1.29, 1.82) is 0 Å². The van der Waals surface area contributed by atoms with Gasteiger partial charge in [-0.3, -0.25) is 4.79 Å². The fourth-order valence-electron chi connectivity index (χ4n) is 3.16. The number of benzene rings is 2. The number of hydrogen-bond acceptors (Lipinski definition) is 4. The van der Waals surface area contributed by atoms with Crippen LogP contribution in [0.1, 0.15) is 31.4 Å². The smallest absolute Gasteiger partial charge is 0.225 e. The number of carbonyl (C=O) groups excluding carboxylic acids is 1. The molecule has 0 unspecified atom stereocenters. The number of ether oxygens (including phenoxy) is 1. The van der Waals surface area contributed by atoms with Gasteiger partial charge in [0, 0.05) is 23.9 Å². The first-order chi connectivity index (χ1) is 13.5. The quantitative estimate of drug-likeness (QED) is 0.686. The van der Waals surface area contributed by atoms with Crippen LogP contribution in [0.15, 0.2) is 53.7 Å². The van der Waals surface area contributed by atoms with Crippen LogP contribution in [-0.4, -0.2) is 36.3 Å². The maximum atomic E-state index is 12.7. The van der Waals surface area contributed by atoms with Gasteiger partial charge < -0.3 is 14.5 Å². The number of amides is 1. The number of halogens is 1. The van der Waals surface area contributed by atoms with Gasteiger partial charge in [-0.05, 0) is 41.5 Å². The van der Waals surface area contributed by atoms with Crippen LogP contribution in [0.4, 0.5) is 0 Å². The summed E-state index contributed by atoms with van der Waals surface area (Å²) in [5, 5.41) is 4.90. The molecule has 6 heteroatoms. The third kappa shape index (κ3) is 4.84. The molecule has 1 aliphatic heterocycles. The summed E-state index contributed by atoms with van der Waals surface area (Å²) in [5.74, 6) is 0.764. The summed E-state index contributed by atoms with van der Waals surface area (Å²) in [5.41, 5.74) is 2.80. The zero-order valence-corrected chi connectivity index (χ0v) is 17.1. The van der Waals surface area contributed by atoms with Gasteiger partial charge in [-0.25, -0.2) is 0 Å². The van der Waals surface area contributed by atoms with Crippen LogP contribution in [0, 0.1) is 5.92 Å². The van der Waals surface area contributed by atoms with E-state index in [4.69, 9.17) is 21.2 Å². The molecule has 0 bridgehead atoms. The molecule has 5 nitrogen and oxygen atoms in total. The van der Waals surface area contributed by atoms with Gasteiger partial charge >= 0.3 is 0 Å². The summed E-state index contributed by atoms with van der Waals surface area (Å²) in [7, 11) is 1.64. The lowest BCUT2D eigenvalue weighted by atomic mass is 10.0. The number of methoxy groups -OCH3 is 1. The highest BCUT2D eigenvalue weighted by Crippen LogP contribution is 2.23. The Labute approximate surface area is 170 Å². The second-order valence-electron chi connectivity index (χ2n) is 7.16. The molecular formula is C22H25ClN2O3. The Morgan fingerprint density at radius 1 is 1.25 bits per heavy atom.